The molecular weight excluding hydrogens is 136 g/mol. The van der Waals surface area contributed by atoms with Crippen LogP contribution in [0.15, 0.2) is 0 Å². The Hall–Kier alpha value is -0.550. The zero-order valence-electron chi connectivity index (χ0n) is 7.38. The maximum Gasteiger partial charge on any atom is 0.0669 e. The summed E-state index contributed by atoms with van der Waals surface area (Å²) >= 11 is 0. The minimum Gasteiger partial charge on any atom is -0.302 e. The molecule has 0 aromatic rings. The summed E-state index contributed by atoms with van der Waals surface area (Å²) in [4.78, 5) is 2.39. The van der Waals surface area contributed by atoms with Gasteiger partial charge in [0.1, 0.15) is 0 Å². The van der Waals surface area contributed by atoms with E-state index in [1.165, 1.54) is 0 Å². The summed E-state index contributed by atoms with van der Waals surface area (Å²) in [7, 11) is 0. The van der Waals surface area contributed by atoms with Crippen LogP contribution in [0.4, 0.5) is 0 Å². The van der Waals surface area contributed by atoms with Gasteiger partial charge in [0.25, 0.3) is 0 Å². The zero-order chi connectivity index (χ0) is 8.27. The van der Waals surface area contributed by atoms with E-state index in [0.717, 1.165) is 32.0 Å². The molecule has 2 heteroatoms. The van der Waals surface area contributed by atoms with Crippen molar-refractivity contribution in [2.24, 2.45) is 11.8 Å². The van der Waals surface area contributed by atoms with Crippen LogP contribution < -0.4 is 0 Å². The molecular formula is C9H16N2. The standard InChI is InChI=1S/C9H16N2/c1-8(2)6-11-4-3-9(5-10)7-11/h8-9H,3-4,6-7H2,1-2H3/t9-/m0/s1. The Morgan fingerprint density at radius 1 is 1.64 bits per heavy atom. The topological polar surface area (TPSA) is 27.0 Å². The zero-order valence-corrected chi connectivity index (χ0v) is 7.38. The van der Waals surface area contributed by atoms with Gasteiger partial charge in [-0.05, 0) is 18.9 Å². The summed E-state index contributed by atoms with van der Waals surface area (Å²) in [5, 5.41) is 8.64. The third kappa shape index (κ3) is 2.51. The summed E-state index contributed by atoms with van der Waals surface area (Å²) in [5.41, 5.74) is 0. The van der Waals surface area contributed by atoms with Crippen molar-refractivity contribution in [3.8, 4) is 6.07 Å². The lowest BCUT2D eigenvalue weighted by molar-refractivity contribution is 0.293. The Morgan fingerprint density at radius 3 is 2.82 bits per heavy atom. The molecule has 0 aliphatic carbocycles. The summed E-state index contributed by atoms with van der Waals surface area (Å²) in [6.45, 7) is 7.71. The summed E-state index contributed by atoms with van der Waals surface area (Å²) in [6.07, 6.45) is 1.07. The lowest BCUT2D eigenvalue weighted by Gasteiger charge is -2.16. The van der Waals surface area contributed by atoms with Gasteiger partial charge in [-0.25, -0.2) is 0 Å². The van der Waals surface area contributed by atoms with Gasteiger partial charge in [0, 0.05) is 13.1 Å². The number of likely N-dealkylation sites (tertiary alicyclic amines) is 1. The molecule has 0 aromatic heterocycles. The van der Waals surface area contributed by atoms with E-state index in [0.29, 0.717) is 5.92 Å². The van der Waals surface area contributed by atoms with Crippen LogP contribution in [-0.4, -0.2) is 24.5 Å². The van der Waals surface area contributed by atoms with Crippen molar-refractivity contribution in [3.05, 3.63) is 0 Å². The molecule has 1 atom stereocenters. The Bertz CT molecular complexity index is 157. The molecule has 1 fully saturated rings. The second kappa shape index (κ2) is 3.73. The van der Waals surface area contributed by atoms with Gasteiger partial charge in [-0.3, -0.25) is 0 Å². The molecule has 0 aromatic carbocycles. The Morgan fingerprint density at radius 2 is 2.36 bits per heavy atom. The van der Waals surface area contributed by atoms with E-state index in [9.17, 15) is 0 Å². The fraction of sp³-hybridized carbons (Fsp3) is 0.889. The summed E-state index contributed by atoms with van der Waals surface area (Å²) in [5.74, 6) is 1.03. The minimum absolute atomic E-state index is 0.300. The highest BCUT2D eigenvalue weighted by Crippen LogP contribution is 2.15. The van der Waals surface area contributed by atoms with E-state index in [-0.39, 0.29) is 0 Å². The van der Waals surface area contributed by atoms with E-state index in [2.05, 4.69) is 24.8 Å². The van der Waals surface area contributed by atoms with E-state index < -0.39 is 0 Å². The maximum absolute atomic E-state index is 8.64. The molecule has 1 aliphatic rings. The Kier molecular flexibility index (Phi) is 2.90. The quantitative estimate of drug-likeness (QED) is 0.599. The fourth-order valence-corrected chi connectivity index (χ4v) is 1.62. The third-order valence-corrected chi connectivity index (χ3v) is 2.08. The maximum atomic E-state index is 8.64. The predicted octanol–water partition coefficient (Wildman–Crippen LogP) is 1.49. The first kappa shape index (κ1) is 8.55. The van der Waals surface area contributed by atoms with E-state index in [4.69, 9.17) is 5.26 Å². The van der Waals surface area contributed by atoms with E-state index >= 15 is 0 Å². The van der Waals surface area contributed by atoms with Crippen LogP contribution in [-0.2, 0) is 0 Å². The molecule has 0 radical (unpaired) electrons. The molecule has 0 amide bonds. The second-order valence-corrected chi connectivity index (χ2v) is 3.77. The molecule has 0 bridgehead atoms. The first-order valence-corrected chi connectivity index (χ1v) is 4.34. The number of nitriles is 1. The molecule has 0 spiro atoms. The Labute approximate surface area is 68.8 Å². The average molecular weight is 152 g/mol. The normalized spacial score (nSPS) is 25.8. The van der Waals surface area contributed by atoms with Crippen LogP contribution in [0.25, 0.3) is 0 Å². The molecule has 2 nitrogen and oxygen atoms in total. The van der Waals surface area contributed by atoms with Gasteiger partial charge in [0.15, 0.2) is 0 Å². The van der Waals surface area contributed by atoms with Gasteiger partial charge in [0.2, 0.25) is 0 Å². The van der Waals surface area contributed by atoms with Crippen molar-refractivity contribution < 1.29 is 0 Å². The van der Waals surface area contributed by atoms with Gasteiger partial charge in [-0.2, -0.15) is 5.26 Å². The van der Waals surface area contributed by atoms with Crippen molar-refractivity contribution in [2.45, 2.75) is 20.3 Å². The van der Waals surface area contributed by atoms with Gasteiger partial charge in [0.05, 0.1) is 12.0 Å². The first-order valence-electron chi connectivity index (χ1n) is 4.34. The van der Waals surface area contributed by atoms with Crippen molar-refractivity contribution in [1.82, 2.24) is 4.90 Å². The second-order valence-electron chi connectivity index (χ2n) is 3.77. The van der Waals surface area contributed by atoms with Gasteiger partial charge >= 0.3 is 0 Å². The first-order chi connectivity index (χ1) is 5.22. The van der Waals surface area contributed by atoms with E-state index in [1.54, 1.807) is 0 Å². The van der Waals surface area contributed by atoms with Crippen LogP contribution in [0.3, 0.4) is 0 Å². The minimum atomic E-state index is 0.300. The molecule has 0 N–H and O–H groups in total. The molecule has 0 unspecified atom stereocenters. The molecule has 1 rings (SSSR count). The highest BCUT2D eigenvalue weighted by Gasteiger charge is 2.21. The molecule has 62 valence electrons. The lowest BCUT2D eigenvalue weighted by Crippen LogP contribution is -2.24. The molecule has 1 heterocycles. The lowest BCUT2D eigenvalue weighted by atomic mass is 10.1. The van der Waals surface area contributed by atoms with E-state index in [1.807, 2.05) is 0 Å². The molecule has 1 saturated heterocycles. The number of nitrogens with zero attached hydrogens (tertiary/aromatic N) is 2. The van der Waals surface area contributed by atoms with Crippen molar-refractivity contribution in [3.63, 3.8) is 0 Å². The molecule has 11 heavy (non-hydrogen) atoms. The van der Waals surface area contributed by atoms with Crippen LogP contribution in [0.2, 0.25) is 0 Å². The monoisotopic (exact) mass is 152 g/mol. The highest BCUT2D eigenvalue weighted by atomic mass is 15.1. The fourth-order valence-electron chi connectivity index (χ4n) is 1.62. The molecule has 0 saturated carbocycles. The SMILES string of the molecule is CC(C)CN1CC[C@@H](C#N)C1. The van der Waals surface area contributed by atoms with Crippen molar-refractivity contribution in [2.75, 3.05) is 19.6 Å². The largest absolute Gasteiger partial charge is 0.302 e. The predicted molar refractivity (Wildman–Crippen MR) is 45.0 cm³/mol. The van der Waals surface area contributed by atoms with Gasteiger partial charge in [-0.1, -0.05) is 13.8 Å². The van der Waals surface area contributed by atoms with Crippen LogP contribution in [0.5, 0.6) is 0 Å². The van der Waals surface area contributed by atoms with Crippen molar-refractivity contribution >= 4 is 0 Å². The van der Waals surface area contributed by atoms with Crippen LogP contribution >= 0.6 is 0 Å². The van der Waals surface area contributed by atoms with Gasteiger partial charge < -0.3 is 4.90 Å². The van der Waals surface area contributed by atoms with Gasteiger partial charge in [-0.15, -0.1) is 0 Å². The smallest absolute Gasteiger partial charge is 0.0669 e. The summed E-state index contributed by atoms with van der Waals surface area (Å²) < 4.78 is 0. The Balaban J connectivity index is 2.26. The van der Waals surface area contributed by atoms with Crippen molar-refractivity contribution in [1.29, 1.82) is 5.26 Å². The average Bonchev–Trinajstić information content (AvgIpc) is 2.34. The number of hydrogen-bond acceptors (Lipinski definition) is 2. The molecule has 1 aliphatic heterocycles. The number of rotatable bonds is 2. The highest BCUT2D eigenvalue weighted by molar-refractivity contribution is 4.90. The van der Waals surface area contributed by atoms with Crippen LogP contribution in [0.1, 0.15) is 20.3 Å². The third-order valence-electron chi connectivity index (χ3n) is 2.08. The van der Waals surface area contributed by atoms with Crippen LogP contribution in [0, 0.1) is 23.2 Å². The summed E-state index contributed by atoms with van der Waals surface area (Å²) in [6, 6.07) is 2.33. The number of hydrogen-bond donors (Lipinski definition) is 0.